The zero-order chi connectivity index (χ0) is 18.9. The van der Waals surface area contributed by atoms with Gasteiger partial charge in [-0.3, -0.25) is 9.98 Å². The van der Waals surface area contributed by atoms with Crippen LogP contribution in [0.15, 0.2) is 41.5 Å². The van der Waals surface area contributed by atoms with Gasteiger partial charge in [-0.15, -0.1) is 24.0 Å². The van der Waals surface area contributed by atoms with Crippen molar-refractivity contribution >= 4 is 29.9 Å². The molecule has 0 radical (unpaired) electrons. The second-order valence-corrected chi connectivity index (χ2v) is 6.03. The van der Waals surface area contributed by atoms with Gasteiger partial charge in [-0.05, 0) is 42.7 Å². The van der Waals surface area contributed by atoms with Crippen LogP contribution in [0, 0.1) is 6.92 Å². The SMILES string of the molecule is CN=C(NCc1ncccc1C)N(C)CCc1ccc(OC)c(OC)c1.I. The fourth-order valence-electron chi connectivity index (χ4n) is 2.69. The number of guanidine groups is 1. The zero-order valence-corrected chi connectivity index (χ0v) is 19.0. The molecule has 0 unspecified atom stereocenters. The van der Waals surface area contributed by atoms with Gasteiger partial charge in [0.2, 0.25) is 0 Å². The molecule has 0 aliphatic heterocycles. The average Bonchev–Trinajstić information content (AvgIpc) is 2.67. The minimum atomic E-state index is 0. The molecule has 0 fully saturated rings. The van der Waals surface area contributed by atoms with Crippen LogP contribution in [0.1, 0.15) is 16.8 Å². The molecule has 0 aliphatic rings. The highest BCUT2D eigenvalue weighted by molar-refractivity contribution is 14.0. The van der Waals surface area contributed by atoms with Crippen molar-refractivity contribution in [3.63, 3.8) is 0 Å². The van der Waals surface area contributed by atoms with E-state index in [1.807, 2.05) is 31.4 Å². The summed E-state index contributed by atoms with van der Waals surface area (Å²) in [5, 5.41) is 3.37. The first-order chi connectivity index (χ1) is 12.6. The number of likely N-dealkylation sites (N-methyl/N-ethyl adjacent to an activating group) is 1. The Morgan fingerprint density at radius 1 is 1.19 bits per heavy atom. The molecule has 0 atom stereocenters. The van der Waals surface area contributed by atoms with Gasteiger partial charge in [0.15, 0.2) is 17.5 Å². The lowest BCUT2D eigenvalue weighted by Gasteiger charge is -2.22. The molecular weight excluding hydrogens is 455 g/mol. The zero-order valence-electron chi connectivity index (χ0n) is 16.7. The van der Waals surface area contributed by atoms with E-state index in [1.54, 1.807) is 21.3 Å². The number of aliphatic imine (C=N–C) groups is 1. The predicted molar refractivity (Wildman–Crippen MR) is 120 cm³/mol. The van der Waals surface area contributed by atoms with E-state index in [1.165, 1.54) is 11.1 Å². The summed E-state index contributed by atoms with van der Waals surface area (Å²) >= 11 is 0. The number of hydrogen-bond acceptors (Lipinski definition) is 4. The number of benzene rings is 1. The molecule has 1 N–H and O–H groups in total. The Morgan fingerprint density at radius 3 is 2.56 bits per heavy atom. The maximum absolute atomic E-state index is 5.37. The molecule has 2 aromatic rings. The molecule has 0 saturated heterocycles. The number of ether oxygens (including phenoxy) is 2. The highest BCUT2D eigenvalue weighted by Gasteiger charge is 2.09. The van der Waals surface area contributed by atoms with Crippen LogP contribution in [0.2, 0.25) is 0 Å². The van der Waals surface area contributed by atoms with Gasteiger partial charge in [-0.2, -0.15) is 0 Å². The summed E-state index contributed by atoms with van der Waals surface area (Å²) in [4.78, 5) is 10.9. The minimum Gasteiger partial charge on any atom is -0.493 e. The molecule has 27 heavy (non-hydrogen) atoms. The molecule has 0 spiro atoms. The second kappa shape index (κ2) is 11.6. The molecule has 1 aromatic carbocycles. The van der Waals surface area contributed by atoms with Gasteiger partial charge in [0.25, 0.3) is 0 Å². The molecule has 2 rings (SSSR count). The molecule has 0 saturated carbocycles. The van der Waals surface area contributed by atoms with E-state index in [2.05, 4.69) is 39.2 Å². The monoisotopic (exact) mass is 484 g/mol. The van der Waals surface area contributed by atoms with E-state index in [0.29, 0.717) is 6.54 Å². The quantitative estimate of drug-likeness (QED) is 0.372. The normalized spacial score (nSPS) is 10.8. The van der Waals surface area contributed by atoms with Crippen molar-refractivity contribution in [1.82, 2.24) is 15.2 Å². The van der Waals surface area contributed by atoms with Crippen molar-refractivity contribution in [1.29, 1.82) is 0 Å². The van der Waals surface area contributed by atoms with Crippen molar-refractivity contribution in [2.24, 2.45) is 4.99 Å². The summed E-state index contributed by atoms with van der Waals surface area (Å²) in [6, 6.07) is 10.0. The van der Waals surface area contributed by atoms with E-state index in [4.69, 9.17) is 9.47 Å². The number of aromatic nitrogens is 1. The number of hydrogen-bond donors (Lipinski definition) is 1. The number of rotatable bonds is 7. The first-order valence-corrected chi connectivity index (χ1v) is 8.62. The Bertz CT molecular complexity index is 753. The summed E-state index contributed by atoms with van der Waals surface area (Å²) in [6.07, 6.45) is 2.69. The number of halogens is 1. The Labute approximate surface area is 179 Å². The lowest BCUT2D eigenvalue weighted by atomic mass is 10.1. The van der Waals surface area contributed by atoms with E-state index in [-0.39, 0.29) is 24.0 Å². The third kappa shape index (κ3) is 6.57. The fourth-order valence-corrected chi connectivity index (χ4v) is 2.69. The number of aryl methyl sites for hydroxylation is 1. The van der Waals surface area contributed by atoms with Gasteiger partial charge >= 0.3 is 0 Å². The van der Waals surface area contributed by atoms with Crippen LogP contribution >= 0.6 is 24.0 Å². The Balaban J connectivity index is 0.00000364. The van der Waals surface area contributed by atoms with Gasteiger partial charge in [0.05, 0.1) is 26.5 Å². The molecule has 7 heteroatoms. The third-order valence-electron chi connectivity index (χ3n) is 4.29. The number of nitrogens with zero attached hydrogens (tertiary/aromatic N) is 3. The largest absolute Gasteiger partial charge is 0.493 e. The predicted octanol–water partition coefficient (Wildman–Crippen LogP) is 3.28. The topological polar surface area (TPSA) is 59.0 Å². The number of nitrogens with one attached hydrogen (secondary N) is 1. The Kier molecular flexibility index (Phi) is 9.92. The smallest absolute Gasteiger partial charge is 0.193 e. The molecular formula is C20H29IN4O2. The van der Waals surface area contributed by atoms with Crippen LogP contribution in [-0.4, -0.2) is 50.7 Å². The van der Waals surface area contributed by atoms with Gasteiger partial charge in [-0.1, -0.05) is 12.1 Å². The fraction of sp³-hybridized carbons (Fsp3) is 0.400. The van der Waals surface area contributed by atoms with Crippen LogP contribution in [0.5, 0.6) is 11.5 Å². The molecule has 1 aromatic heterocycles. The Hall–Kier alpha value is -2.03. The van der Waals surface area contributed by atoms with Crippen molar-refractivity contribution < 1.29 is 9.47 Å². The standard InChI is InChI=1S/C20H28N4O2.HI/c1-15-7-6-11-22-17(15)14-23-20(21-2)24(3)12-10-16-8-9-18(25-4)19(13-16)26-5;/h6-9,11,13H,10,12,14H2,1-5H3,(H,21,23);1H. The van der Waals surface area contributed by atoms with Gasteiger partial charge in [-0.25, -0.2) is 0 Å². The highest BCUT2D eigenvalue weighted by atomic mass is 127. The average molecular weight is 484 g/mol. The van der Waals surface area contributed by atoms with Gasteiger partial charge < -0.3 is 19.7 Å². The van der Waals surface area contributed by atoms with E-state index in [0.717, 1.165) is 36.1 Å². The van der Waals surface area contributed by atoms with Crippen LogP contribution in [0.4, 0.5) is 0 Å². The van der Waals surface area contributed by atoms with E-state index in [9.17, 15) is 0 Å². The van der Waals surface area contributed by atoms with E-state index >= 15 is 0 Å². The van der Waals surface area contributed by atoms with Crippen molar-refractivity contribution in [3.8, 4) is 11.5 Å². The minimum absolute atomic E-state index is 0. The second-order valence-electron chi connectivity index (χ2n) is 6.03. The molecule has 6 nitrogen and oxygen atoms in total. The van der Waals surface area contributed by atoms with Crippen LogP contribution in [-0.2, 0) is 13.0 Å². The number of pyridine rings is 1. The van der Waals surface area contributed by atoms with Crippen molar-refractivity contribution in [2.75, 3.05) is 34.9 Å². The first kappa shape index (κ1) is 23.0. The molecule has 0 aliphatic carbocycles. The van der Waals surface area contributed by atoms with Crippen molar-refractivity contribution in [2.45, 2.75) is 19.9 Å². The third-order valence-corrected chi connectivity index (χ3v) is 4.29. The van der Waals surface area contributed by atoms with Gasteiger partial charge in [0.1, 0.15) is 0 Å². The van der Waals surface area contributed by atoms with Crippen LogP contribution in [0.25, 0.3) is 0 Å². The summed E-state index contributed by atoms with van der Waals surface area (Å²) in [7, 11) is 7.12. The summed E-state index contributed by atoms with van der Waals surface area (Å²) < 4.78 is 10.7. The summed E-state index contributed by atoms with van der Waals surface area (Å²) in [5.41, 5.74) is 3.39. The maximum Gasteiger partial charge on any atom is 0.193 e. The van der Waals surface area contributed by atoms with Crippen molar-refractivity contribution in [3.05, 3.63) is 53.3 Å². The molecule has 148 valence electrons. The molecule has 1 heterocycles. The maximum atomic E-state index is 5.37. The van der Waals surface area contributed by atoms with Crippen LogP contribution in [0.3, 0.4) is 0 Å². The lowest BCUT2D eigenvalue weighted by Crippen LogP contribution is -2.39. The summed E-state index contributed by atoms with van der Waals surface area (Å²) in [5.74, 6) is 2.34. The van der Waals surface area contributed by atoms with Crippen LogP contribution < -0.4 is 14.8 Å². The van der Waals surface area contributed by atoms with Gasteiger partial charge in [0, 0.05) is 26.8 Å². The number of methoxy groups -OCH3 is 2. The first-order valence-electron chi connectivity index (χ1n) is 8.62. The Morgan fingerprint density at radius 2 is 1.93 bits per heavy atom. The molecule has 0 bridgehead atoms. The lowest BCUT2D eigenvalue weighted by molar-refractivity contribution is 0.354. The highest BCUT2D eigenvalue weighted by Crippen LogP contribution is 2.27. The molecule has 0 amide bonds. The van der Waals surface area contributed by atoms with E-state index < -0.39 is 0 Å². The summed E-state index contributed by atoms with van der Waals surface area (Å²) in [6.45, 7) is 3.55.